The Balaban J connectivity index is 1.70. The van der Waals surface area contributed by atoms with Gasteiger partial charge >= 0.3 is 0 Å². The first kappa shape index (κ1) is 19.3. The van der Waals surface area contributed by atoms with Crippen LogP contribution in [-0.4, -0.2) is 22.2 Å². The topological polar surface area (TPSA) is 64.1 Å². The van der Waals surface area contributed by atoms with Crippen molar-refractivity contribution in [2.45, 2.75) is 33.3 Å². The number of carbonyl (C=O) groups is 1. The number of amides is 1. The molecule has 0 bridgehead atoms. The van der Waals surface area contributed by atoms with Gasteiger partial charge in [0.15, 0.2) is 6.10 Å². The lowest BCUT2D eigenvalue weighted by atomic mass is 10.1. The van der Waals surface area contributed by atoms with E-state index in [1.54, 1.807) is 12.1 Å². The van der Waals surface area contributed by atoms with Crippen molar-refractivity contribution in [3.05, 3.63) is 58.6 Å². The molecule has 1 unspecified atom stereocenters. The maximum atomic E-state index is 12.6. The minimum Gasteiger partial charge on any atom is -0.480 e. The van der Waals surface area contributed by atoms with Crippen LogP contribution in [0.25, 0.3) is 10.6 Å². The van der Waals surface area contributed by atoms with Crippen LogP contribution in [0.1, 0.15) is 24.5 Å². The third kappa shape index (κ3) is 4.64. The number of aryl methyl sites for hydroxylation is 1. The van der Waals surface area contributed by atoms with E-state index in [1.807, 2.05) is 51.1 Å². The summed E-state index contributed by atoms with van der Waals surface area (Å²) in [4.78, 5) is 12.6. The normalized spacial score (nSPS) is 11.9. The Morgan fingerprint density at radius 3 is 2.63 bits per heavy atom. The Bertz CT molecular complexity index is 941. The number of halogens is 1. The van der Waals surface area contributed by atoms with Crippen LogP contribution in [0.15, 0.2) is 42.5 Å². The molecule has 0 aliphatic carbocycles. The van der Waals surface area contributed by atoms with Gasteiger partial charge < -0.3 is 4.74 Å². The van der Waals surface area contributed by atoms with Crippen LogP contribution in [0.5, 0.6) is 5.75 Å². The Morgan fingerprint density at radius 2 is 1.93 bits per heavy atom. The standard InChI is InChI=1S/C20H20ClN3O2S/c1-4-16(26-17-7-5-6-12(2)13(17)3)18(25)22-20-24-23-19(27-20)14-8-10-15(21)11-9-14/h5-11,16H,4H2,1-3H3,(H,22,24,25). The number of rotatable bonds is 6. The van der Waals surface area contributed by atoms with Gasteiger partial charge in [0.05, 0.1) is 0 Å². The lowest BCUT2D eigenvalue weighted by Gasteiger charge is -2.18. The maximum Gasteiger partial charge on any atom is 0.267 e. The highest BCUT2D eigenvalue weighted by molar-refractivity contribution is 7.18. The number of anilines is 1. The Labute approximate surface area is 167 Å². The van der Waals surface area contributed by atoms with E-state index in [0.717, 1.165) is 22.4 Å². The van der Waals surface area contributed by atoms with Gasteiger partial charge in [0.1, 0.15) is 10.8 Å². The molecule has 0 saturated carbocycles. The van der Waals surface area contributed by atoms with E-state index in [-0.39, 0.29) is 5.91 Å². The molecule has 5 nitrogen and oxygen atoms in total. The highest BCUT2D eigenvalue weighted by atomic mass is 35.5. The van der Waals surface area contributed by atoms with Crippen molar-refractivity contribution in [3.8, 4) is 16.3 Å². The summed E-state index contributed by atoms with van der Waals surface area (Å²) in [5, 5.41) is 12.8. The van der Waals surface area contributed by atoms with Gasteiger partial charge in [0, 0.05) is 10.6 Å². The fourth-order valence-electron chi connectivity index (χ4n) is 2.50. The lowest BCUT2D eigenvalue weighted by Crippen LogP contribution is -2.32. The van der Waals surface area contributed by atoms with Gasteiger partial charge in [-0.1, -0.05) is 54.1 Å². The highest BCUT2D eigenvalue weighted by Crippen LogP contribution is 2.28. The molecule has 0 fully saturated rings. The fourth-order valence-corrected chi connectivity index (χ4v) is 3.37. The minimum absolute atomic E-state index is 0.239. The summed E-state index contributed by atoms with van der Waals surface area (Å²) in [6.45, 7) is 5.91. The molecule has 140 valence electrons. The maximum absolute atomic E-state index is 12.6. The number of nitrogens with zero attached hydrogens (tertiary/aromatic N) is 2. The quantitative estimate of drug-likeness (QED) is 0.611. The second-order valence-electron chi connectivity index (χ2n) is 6.12. The monoisotopic (exact) mass is 401 g/mol. The van der Waals surface area contributed by atoms with Crippen LogP contribution >= 0.6 is 22.9 Å². The number of nitrogens with one attached hydrogen (secondary N) is 1. The minimum atomic E-state index is -0.603. The summed E-state index contributed by atoms with van der Waals surface area (Å²) in [6.07, 6.45) is -0.0596. The van der Waals surface area contributed by atoms with Crippen LogP contribution in [0.2, 0.25) is 5.02 Å². The summed E-state index contributed by atoms with van der Waals surface area (Å²) in [7, 11) is 0. The fraction of sp³-hybridized carbons (Fsp3) is 0.250. The van der Waals surface area contributed by atoms with E-state index in [2.05, 4.69) is 15.5 Å². The molecule has 0 saturated heterocycles. The molecule has 1 heterocycles. The van der Waals surface area contributed by atoms with Crippen molar-refractivity contribution in [3.63, 3.8) is 0 Å². The van der Waals surface area contributed by atoms with Crippen LogP contribution in [0.4, 0.5) is 5.13 Å². The lowest BCUT2D eigenvalue weighted by molar-refractivity contribution is -0.122. The van der Waals surface area contributed by atoms with Crippen molar-refractivity contribution in [1.29, 1.82) is 0 Å². The number of ether oxygens (including phenoxy) is 1. The number of benzene rings is 2. The van der Waals surface area contributed by atoms with Crippen LogP contribution in [0.3, 0.4) is 0 Å². The predicted molar refractivity (Wildman–Crippen MR) is 110 cm³/mol. The van der Waals surface area contributed by atoms with Crippen molar-refractivity contribution < 1.29 is 9.53 Å². The number of hydrogen-bond acceptors (Lipinski definition) is 5. The van der Waals surface area contributed by atoms with Gasteiger partial charge in [-0.2, -0.15) is 0 Å². The molecule has 0 aliphatic heterocycles. The first-order chi connectivity index (χ1) is 13.0. The van der Waals surface area contributed by atoms with E-state index in [1.165, 1.54) is 11.3 Å². The molecule has 2 aromatic carbocycles. The van der Waals surface area contributed by atoms with Crippen LogP contribution < -0.4 is 10.1 Å². The first-order valence-electron chi connectivity index (χ1n) is 8.61. The molecule has 1 N–H and O–H groups in total. The van der Waals surface area contributed by atoms with E-state index in [4.69, 9.17) is 16.3 Å². The molecule has 1 atom stereocenters. The number of hydrogen-bond donors (Lipinski definition) is 1. The number of aromatic nitrogens is 2. The van der Waals surface area contributed by atoms with Crippen LogP contribution in [0, 0.1) is 13.8 Å². The zero-order valence-corrected chi connectivity index (χ0v) is 16.9. The second-order valence-corrected chi connectivity index (χ2v) is 7.54. The molecular weight excluding hydrogens is 382 g/mol. The van der Waals surface area contributed by atoms with Crippen molar-refractivity contribution in [2.75, 3.05) is 5.32 Å². The molecule has 7 heteroatoms. The summed E-state index contributed by atoms with van der Waals surface area (Å²) in [5.41, 5.74) is 3.06. The van der Waals surface area contributed by atoms with Gasteiger partial charge in [-0.05, 0) is 49.6 Å². The number of carbonyl (C=O) groups excluding carboxylic acids is 1. The van der Waals surface area contributed by atoms with E-state index in [0.29, 0.717) is 21.6 Å². The van der Waals surface area contributed by atoms with E-state index >= 15 is 0 Å². The largest absolute Gasteiger partial charge is 0.480 e. The van der Waals surface area contributed by atoms with Crippen molar-refractivity contribution >= 4 is 34.0 Å². The molecule has 3 rings (SSSR count). The average Bonchev–Trinajstić information content (AvgIpc) is 3.12. The summed E-state index contributed by atoms with van der Waals surface area (Å²) >= 11 is 7.21. The third-order valence-corrected chi connectivity index (χ3v) is 5.37. The molecule has 3 aromatic rings. The van der Waals surface area contributed by atoms with Crippen molar-refractivity contribution in [2.24, 2.45) is 0 Å². The SMILES string of the molecule is CCC(Oc1cccc(C)c1C)C(=O)Nc1nnc(-c2ccc(Cl)cc2)s1. The van der Waals surface area contributed by atoms with Crippen molar-refractivity contribution in [1.82, 2.24) is 10.2 Å². The van der Waals surface area contributed by atoms with Gasteiger partial charge in [-0.25, -0.2) is 0 Å². The summed E-state index contributed by atoms with van der Waals surface area (Å²) < 4.78 is 5.94. The van der Waals surface area contributed by atoms with Gasteiger partial charge in [0.25, 0.3) is 5.91 Å². The smallest absolute Gasteiger partial charge is 0.267 e. The molecule has 0 radical (unpaired) electrons. The van der Waals surface area contributed by atoms with Gasteiger partial charge in [0.2, 0.25) is 5.13 Å². The predicted octanol–water partition coefficient (Wildman–Crippen LogP) is 5.27. The molecular formula is C20H20ClN3O2S. The Hall–Kier alpha value is -2.44. The average molecular weight is 402 g/mol. The zero-order valence-electron chi connectivity index (χ0n) is 15.3. The molecule has 27 heavy (non-hydrogen) atoms. The Morgan fingerprint density at radius 1 is 1.19 bits per heavy atom. The van der Waals surface area contributed by atoms with Crippen LogP contribution in [-0.2, 0) is 4.79 Å². The molecule has 1 amide bonds. The first-order valence-corrected chi connectivity index (χ1v) is 9.80. The second kappa shape index (κ2) is 8.50. The van der Waals surface area contributed by atoms with Gasteiger partial charge in [-0.3, -0.25) is 10.1 Å². The van der Waals surface area contributed by atoms with Gasteiger partial charge in [-0.15, -0.1) is 10.2 Å². The molecule has 0 aliphatic rings. The summed E-state index contributed by atoms with van der Waals surface area (Å²) in [6, 6.07) is 13.1. The highest BCUT2D eigenvalue weighted by Gasteiger charge is 2.21. The summed E-state index contributed by atoms with van der Waals surface area (Å²) in [5.74, 6) is 0.480. The Kier molecular flexibility index (Phi) is 6.08. The van der Waals surface area contributed by atoms with E-state index in [9.17, 15) is 4.79 Å². The third-order valence-electron chi connectivity index (χ3n) is 4.23. The zero-order chi connectivity index (χ0) is 19.4. The van der Waals surface area contributed by atoms with E-state index < -0.39 is 6.10 Å². The molecule has 0 spiro atoms. The molecule has 1 aromatic heterocycles.